The van der Waals surface area contributed by atoms with E-state index in [1.54, 1.807) is 4.90 Å². The second kappa shape index (κ2) is 7.21. The molecule has 0 bridgehead atoms. The van der Waals surface area contributed by atoms with Crippen LogP contribution < -0.4 is 5.73 Å². The minimum Gasteiger partial charge on any atom is -0.369 e. The molecule has 126 valence electrons. The van der Waals surface area contributed by atoms with E-state index in [1.807, 2.05) is 24.3 Å². The van der Waals surface area contributed by atoms with E-state index in [4.69, 9.17) is 5.73 Å². The van der Waals surface area contributed by atoms with Crippen LogP contribution in [0.15, 0.2) is 35.4 Å². The van der Waals surface area contributed by atoms with Gasteiger partial charge in [-0.15, -0.1) is 0 Å². The Balaban J connectivity index is 1.65. The summed E-state index contributed by atoms with van der Waals surface area (Å²) in [5.74, 6) is -0.157. The Labute approximate surface area is 145 Å². The molecule has 6 heteroatoms. The highest BCUT2D eigenvalue weighted by Crippen LogP contribution is 2.24. The van der Waals surface area contributed by atoms with Crippen LogP contribution in [0, 0.1) is 12.8 Å². The molecule has 0 unspecified atom stereocenters. The maximum absolute atomic E-state index is 12.4. The highest BCUT2D eigenvalue weighted by molar-refractivity contribution is 7.99. The second-order valence-corrected chi connectivity index (χ2v) is 7.16. The third kappa shape index (κ3) is 3.70. The number of carbonyl (C=O) groups excluding carboxylic acids is 2. The number of aromatic nitrogens is 1. The molecule has 5 nitrogen and oxygen atoms in total. The fourth-order valence-corrected chi connectivity index (χ4v) is 3.93. The van der Waals surface area contributed by atoms with Gasteiger partial charge in [0, 0.05) is 18.5 Å². The van der Waals surface area contributed by atoms with Gasteiger partial charge in [-0.2, -0.15) is 0 Å². The molecule has 2 heterocycles. The summed E-state index contributed by atoms with van der Waals surface area (Å²) in [4.78, 5) is 30.1. The number of rotatable bonds is 4. The van der Waals surface area contributed by atoms with Crippen molar-refractivity contribution >= 4 is 34.5 Å². The van der Waals surface area contributed by atoms with Crippen LogP contribution in [0.2, 0.25) is 0 Å². The maximum atomic E-state index is 12.4. The Morgan fingerprint density at radius 1 is 1.38 bits per heavy atom. The molecular formula is C18H21N3O2S. The lowest BCUT2D eigenvalue weighted by molar-refractivity contribution is -0.132. The number of para-hydroxylation sites is 1. The van der Waals surface area contributed by atoms with E-state index in [2.05, 4.69) is 18.0 Å². The quantitative estimate of drug-likeness (QED) is 0.865. The third-order valence-electron chi connectivity index (χ3n) is 4.42. The standard InChI is InChI=1S/C18H21N3O2S/c1-12-9-16(20-15-7-3-2-6-14(12)15)24-11-17(22)21-8-4-5-13(10-21)18(19)23/h2-3,6-7,9,13H,4-5,8,10-11H2,1H3,(H2,19,23)/t13-/m1/s1. The lowest BCUT2D eigenvalue weighted by Crippen LogP contribution is -2.44. The molecule has 2 N–H and O–H groups in total. The molecule has 0 saturated carbocycles. The van der Waals surface area contributed by atoms with Crippen LogP contribution in [0.25, 0.3) is 10.9 Å². The summed E-state index contributed by atoms with van der Waals surface area (Å²) in [6, 6.07) is 10.0. The zero-order chi connectivity index (χ0) is 17.1. The lowest BCUT2D eigenvalue weighted by atomic mass is 9.97. The van der Waals surface area contributed by atoms with Gasteiger partial charge in [0.15, 0.2) is 0 Å². The van der Waals surface area contributed by atoms with Crippen molar-refractivity contribution in [1.82, 2.24) is 9.88 Å². The minimum absolute atomic E-state index is 0.0403. The molecule has 0 spiro atoms. The first-order chi connectivity index (χ1) is 11.5. The van der Waals surface area contributed by atoms with Crippen LogP contribution in [0.3, 0.4) is 0 Å². The lowest BCUT2D eigenvalue weighted by Gasteiger charge is -2.31. The van der Waals surface area contributed by atoms with Gasteiger partial charge in [0.2, 0.25) is 11.8 Å². The summed E-state index contributed by atoms with van der Waals surface area (Å²) >= 11 is 1.44. The van der Waals surface area contributed by atoms with Gasteiger partial charge in [-0.1, -0.05) is 30.0 Å². The predicted molar refractivity (Wildman–Crippen MR) is 95.7 cm³/mol. The molecular weight excluding hydrogens is 322 g/mol. The summed E-state index contributed by atoms with van der Waals surface area (Å²) in [5, 5.41) is 1.98. The van der Waals surface area contributed by atoms with Crippen LogP contribution in [-0.4, -0.2) is 40.5 Å². The van der Waals surface area contributed by atoms with E-state index >= 15 is 0 Å². The fraction of sp³-hybridized carbons (Fsp3) is 0.389. The van der Waals surface area contributed by atoms with E-state index in [0.717, 1.165) is 34.3 Å². The zero-order valence-electron chi connectivity index (χ0n) is 13.7. The number of likely N-dealkylation sites (tertiary alicyclic amines) is 1. The number of hydrogen-bond donors (Lipinski definition) is 1. The van der Waals surface area contributed by atoms with Gasteiger partial charge in [0.05, 0.1) is 22.2 Å². The smallest absolute Gasteiger partial charge is 0.233 e. The minimum atomic E-state index is -0.313. The maximum Gasteiger partial charge on any atom is 0.233 e. The first kappa shape index (κ1) is 16.8. The number of hydrogen-bond acceptors (Lipinski definition) is 4. The van der Waals surface area contributed by atoms with E-state index in [9.17, 15) is 9.59 Å². The monoisotopic (exact) mass is 343 g/mol. The summed E-state index contributed by atoms with van der Waals surface area (Å²) in [7, 11) is 0. The molecule has 3 rings (SSSR count). The Hall–Kier alpha value is -2.08. The van der Waals surface area contributed by atoms with Crippen molar-refractivity contribution < 1.29 is 9.59 Å². The largest absolute Gasteiger partial charge is 0.369 e. The Kier molecular flexibility index (Phi) is 5.04. The van der Waals surface area contributed by atoms with Gasteiger partial charge in [0.1, 0.15) is 0 Å². The van der Waals surface area contributed by atoms with E-state index < -0.39 is 0 Å². The molecule has 1 aromatic carbocycles. The third-order valence-corrected chi connectivity index (χ3v) is 5.32. The van der Waals surface area contributed by atoms with Crippen LogP contribution in [-0.2, 0) is 9.59 Å². The number of piperidine rings is 1. The van der Waals surface area contributed by atoms with Crippen LogP contribution >= 0.6 is 11.8 Å². The number of primary amides is 1. The Bertz CT molecular complexity index is 778. The van der Waals surface area contributed by atoms with E-state index in [-0.39, 0.29) is 17.7 Å². The number of pyridine rings is 1. The van der Waals surface area contributed by atoms with Gasteiger partial charge >= 0.3 is 0 Å². The van der Waals surface area contributed by atoms with Gasteiger partial charge in [-0.25, -0.2) is 4.98 Å². The van der Waals surface area contributed by atoms with Crippen LogP contribution in [0.4, 0.5) is 0 Å². The normalized spacial score (nSPS) is 17.9. The number of nitrogens with zero attached hydrogens (tertiary/aromatic N) is 2. The van der Waals surface area contributed by atoms with Crippen molar-refractivity contribution in [3.05, 3.63) is 35.9 Å². The number of amides is 2. The molecule has 1 fully saturated rings. The number of carbonyl (C=O) groups is 2. The summed E-state index contributed by atoms with van der Waals surface area (Å²) < 4.78 is 0. The van der Waals surface area contributed by atoms with E-state index in [0.29, 0.717) is 18.8 Å². The molecule has 0 aliphatic carbocycles. The molecule has 1 aliphatic heterocycles. The molecule has 1 saturated heterocycles. The number of aryl methyl sites for hydroxylation is 1. The summed E-state index contributed by atoms with van der Waals surface area (Å²) in [6.45, 7) is 3.20. The van der Waals surface area contributed by atoms with Crippen molar-refractivity contribution in [3.63, 3.8) is 0 Å². The first-order valence-corrected chi connectivity index (χ1v) is 9.09. The highest BCUT2D eigenvalue weighted by Gasteiger charge is 2.26. The number of nitrogens with two attached hydrogens (primary N) is 1. The zero-order valence-corrected chi connectivity index (χ0v) is 14.5. The molecule has 24 heavy (non-hydrogen) atoms. The Morgan fingerprint density at radius 3 is 2.96 bits per heavy atom. The molecule has 2 amide bonds. The SMILES string of the molecule is Cc1cc(SCC(=O)N2CCC[C@@H](C(N)=O)C2)nc2ccccc12. The Morgan fingerprint density at radius 2 is 2.17 bits per heavy atom. The summed E-state index contributed by atoms with van der Waals surface area (Å²) in [5.41, 5.74) is 7.47. The van der Waals surface area contributed by atoms with Gasteiger partial charge in [-0.3, -0.25) is 9.59 Å². The van der Waals surface area contributed by atoms with Gasteiger partial charge in [-0.05, 0) is 37.5 Å². The van der Waals surface area contributed by atoms with E-state index in [1.165, 1.54) is 11.8 Å². The molecule has 2 aromatic rings. The predicted octanol–water partition coefficient (Wildman–Crippen LogP) is 2.36. The number of benzene rings is 1. The molecule has 0 radical (unpaired) electrons. The topological polar surface area (TPSA) is 76.3 Å². The first-order valence-electron chi connectivity index (χ1n) is 8.11. The van der Waals surface area contributed by atoms with Crippen LogP contribution in [0.5, 0.6) is 0 Å². The van der Waals surface area contributed by atoms with Crippen molar-refractivity contribution in [2.24, 2.45) is 11.7 Å². The molecule has 1 atom stereocenters. The average molecular weight is 343 g/mol. The van der Waals surface area contributed by atoms with Crippen molar-refractivity contribution in [1.29, 1.82) is 0 Å². The van der Waals surface area contributed by atoms with Crippen molar-refractivity contribution in [3.8, 4) is 0 Å². The fourth-order valence-electron chi connectivity index (χ4n) is 3.06. The number of fused-ring (bicyclic) bond motifs is 1. The highest BCUT2D eigenvalue weighted by atomic mass is 32.2. The van der Waals surface area contributed by atoms with Crippen molar-refractivity contribution in [2.75, 3.05) is 18.8 Å². The molecule has 1 aromatic heterocycles. The average Bonchev–Trinajstić information content (AvgIpc) is 2.60. The molecule has 1 aliphatic rings. The second-order valence-electron chi connectivity index (χ2n) is 6.16. The summed E-state index contributed by atoms with van der Waals surface area (Å²) in [6.07, 6.45) is 1.61. The van der Waals surface area contributed by atoms with Crippen LogP contribution in [0.1, 0.15) is 18.4 Å². The van der Waals surface area contributed by atoms with Crippen molar-refractivity contribution in [2.45, 2.75) is 24.8 Å². The number of thioether (sulfide) groups is 1. The van der Waals surface area contributed by atoms with Gasteiger partial charge in [0.25, 0.3) is 0 Å². The van der Waals surface area contributed by atoms with Gasteiger partial charge < -0.3 is 10.6 Å².